The Morgan fingerprint density at radius 3 is 2.59 bits per heavy atom. The number of hydrogen-bond acceptors (Lipinski definition) is 2. The first-order chi connectivity index (χ1) is 8.16. The van der Waals surface area contributed by atoms with Crippen molar-refractivity contribution in [2.24, 2.45) is 0 Å². The molecule has 0 bridgehead atoms. The van der Waals surface area contributed by atoms with Crippen LogP contribution in [0.25, 0.3) is 0 Å². The second kappa shape index (κ2) is 5.85. The van der Waals surface area contributed by atoms with Crippen LogP contribution >= 0.6 is 11.6 Å². The van der Waals surface area contributed by atoms with E-state index in [0.717, 1.165) is 24.2 Å². The molecule has 0 saturated heterocycles. The second-order valence-electron chi connectivity index (χ2n) is 5.00. The van der Waals surface area contributed by atoms with E-state index in [-0.39, 0.29) is 0 Å². The van der Waals surface area contributed by atoms with Crippen molar-refractivity contribution in [2.45, 2.75) is 38.4 Å². The zero-order valence-electron chi connectivity index (χ0n) is 10.6. The van der Waals surface area contributed by atoms with Crippen LogP contribution in [0.4, 0.5) is 0 Å². The van der Waals surface area contributed by atoms with Gasteiger partial charge in [-0.15, -0.1) is 0 Å². The average Bonchev–Trinajstić information content (AvgIpc) is 3.14. The molecule has 17 heavy (non-hydrogen) atoms. The van der Waals surface area contributed by atoms with Gasteiger partial charge < -0.3 is 5.32 Å². The molecule has 3 heteroatoms. The van der Waals surface area contributed by atoms with Crippen LogP contribution in [0.15, 0.2) is 24.3 Å². The third kappa shape index (κ3) is 3.98. The molecule has 1 fully saturated rings. The van der Waals surface area contributed by atoms with Crippen molar-refractivity contribution in [2.75, 3.05) is 13.6 Å². The average molecular weight is 253 g/mol. The van der Waals surface area contributed by atoms with E-state index in [1.54, 1.807) is 0 Å². The third-order valence-electron chi connectivity index (χ3n) is 3.50. The molecule has 1 N–H and O–H groups in total. The molecule has 1 saturated carbocycles. The molecule has 0 amide bonds. The number of rotatable bonds is 6. The molecule has 1 aliphatic rings. The summed E-state index contributed by atoms with van der Waals surface area (Å²) in [5.74, 6) is 0. The molecular weight excluding hydrogens is 232 g/mol. The fourth-order valence-electron chi connectivity index (χ4n) is 2.01. The number of nitrogens with zero attached hydrogens (tertiary/aromatic N) is 1. The Bertz CT molecular complexity index is 346. The van der Waals surface area contributed by atoms with Gasteiger partial charge in [0, 0.05) is 30.2 Å². The summed E-state index contributed by atoms with van der Waals surface area (Å²) in [6, 6.07) is 9.48. The molecular formula is C14H21ClN2. The first-order valence-corrected chi connectivity index (χ1v) is 6.71. The summed E-state index contributed by atoms with van der Waals surface area (Å²) in [7, 11) is 2.23. The zero-order chi connectivity index (χ0) is 12.3. The fraction of sp³-hybridized carbons (Fsp3) is 0.571. The molecule has 1 aromatic rings. The molecule has 0 spiro atoms. The Morgan fingerprint density at radius 1 is 1.35 bits per heavy atom. The molecule has 0 radical (unpaired) electrons. The normalized spacial score (nSPS) is 17.4. The molecule has 2 nitrogen and oxygen atoms in total. The van der Waals surface area contributed by atoms with E-state index >= 15 is 0 Å². The predicted molar refractivity (Wildman–Crippen MR) is 73.4 cm³/mol. The van der Waals surface area contributed by atoms with E-state index in [9.17, 15) is 0 Å². The minimum atomic E-state index is 0.606. The summed E-state index contributed by atoms with van der Waals surface area (Å²) in [5.41, 5.74) is 1.29. The van der Waals surface area contributed by atoms with Gasteiger partial charge in [0.2, 0.25) is 0 Å². The number of nitrogens with one attached hydrogen (secondary N) is 1. The van der Waals surface area contributed by atoms with Gasteiger partial charge in [-0.25, -0.2) is 0 Å². The number of likely N-dealkylation sites (N-methyl/N-ethyl adjacent to an activating group) is 1. The van der Waals surface area contributed by atoms with Crippen LogP contribution in [0.1, 0.15) is 25.3 Å². The first-order valence-electron chi connectivity index (χ1n) is 6.34. The molecule has 1 aliphatic carbocycles. The maximum atomic E-state index is 5.85. The quantitative estimate of drug-likeness (QED) is 0.838. The van der Waals surface area contributed by atoms with Gasteiger partial charge >= 0.3 is 0 Å². The summed E-state index contributed by atoms with van der Waals surface area (Å²) < 4.78 is 0. The van der Waals surface area contributed by atoms with Crippen LogP contribution in [0.5, 0.6) is 0 Å². The lowest BCUT2D eigenvalue weighted by atomic mass is 10.2. The highest BCUT2D eigenvalue weighted by Gasteiger charge is 2.28. The van der Waals surface area contributed by atoms with Gasteiger partial charge in [-0.3, -0.25) is 4.90 Å². The van der Waals surface area contributed by atoms with Crippen molar-refractivity contribution in [1.82, 2.24) is 10.2 Å². The van der Waals surface area contributed by atoms with Gasteiger partial charge in [0.15, 0.2) is 0 Å². The van der Waals surface area contributed by atoms with Crippen LogP contribution in [0.2, 0.25) is 5.02 Å². The lowest BCUT2D eigenvalue weighted by molar-refractivity contribution is 0.241. The van der Waals surface area contributed by atoms with E-state index in [1.807, 2.05) is 12.1 Å². The highest BCUT2D eigenvalue weighted by atomic mass is 35.5. The standard InChI is InChI=1S/C14H21ClN2/c1-11(17(2)14-7-8-14)9-16-10-12-3-5-13(15)6-4-12/h3-6,11,14,16H,7-10H2,1-2H3. The van der Waals surface area contributed by atoms with Crippen molar-refractivity contribution >= 4 is 11.6 Å². The minimum Gasteiger partial charge on any atom is -0.311 e. The van der Waals surface area contributed by atoms with Crippen molar-refractivity contribution in [1.29, 1.82) is 0 Å². The SMILES string of the molecule is CC(CNCc1ccc(Cl)cc1)N(C)C1CC1. The molecule has 0 aliphatic heterocycles. The molecule has 0 heterocycles. The van der Waals surface area contributed by atoms with Gasteiger partial charge in [-0.05, 0) is 44.5 Å². The van der Waals surface area contributed by atoms with Gasteiger partial charge in [-0.1, -0.05) is 23.7 Å². The van der Waals surface area contributed by atoms with Crippen molar-refractivity contribution in [3.8, 4) is 0 Å². The Hall–Kier alpha value is -0.570. The van der Waals surface area contributed by atoms with Crippen LogP contribution < -0.4 is 5.32 Å². The summed E-state index contributed by atoms with van der Waals surface area (Å²) >= 11 is 5.85. The number of benzene rings is 1. The largest absolute Gasteiger partial charge is 0.311 e. The topological polar surface area (TPSA) is 15.3 Å². The van der Waals surface area contributed by atoms with E-state index in [0.29, 0.717) is 6.04 Å². The summed E-state index contributed by atoms with van der Waals surface area (Å²) in [6.45, 7) is 4.24. The molecule has 0 aromatic heterocycles. The monoisotopic (exact) mass is 252 g/mol. The molecule has 2 rings (SSSR count). The lowest BCUT2D eigenvalue weighted by Crippen LogP contribution is -2.38. The summed E-state index contributed by atoms with van der Waals surface area (Å²) in [5, 5.41) is 4.30. The zero-order valence-corrected chi connectivity index (χ0v) is 11.4. The van der Waals surface area contributed by atoms with Crippen LogP contribution in [0.3, 0.4) is 0 Å². The van der Waals surface area contributed by atoms with Crippen LogP contribution in [0, 0.1) is 0 Å². The number of halogens is 1. The molecule has 94 valence electrons. The Labute approximate surface area is 109 Å². The van der Waals surface area contributed by atoms with Gasteiger partial charge in [0.25, 0.3) is 0 Å². The maximum Gasteiger partial charge on any atom is 0.0406 e. The molecule has 1 aromatic carbocycles. The van der Waals surface area contributed by atoms with E-state index in [2.05, 4.69) is 36.3 Å². The molecule has 1 atom stereocenters. The fourth-order valence-corrected chi connectivity index (χ4v) is 2.14. The number of hydrogen-bond donors (Lipinski definition) is 1. The summed E-state index contributed by atoms with van der Waals surface area (Å²) in [6.07, 6.45) is 2.75. The smallest absolute Gasteiger partial charge is 0.0406 e. The lowest BCUT2D eigenvalue weighted by Gasteiger charge is -2.24. The van der Waals surface area contributed by atoms with Crippen molar-refractivity contribution < 1.29 is 0 Å². The second-order valence-corrected chi connectivity index (χ2v) is 5.44. The van der Waals surface area contributed by atoms with E-state index in [1.165, 1.54) is 18.4 Å². The van der Waals surface area contributed by atoms with Gasteiger partial charge in [0.1, 0.15) is 0 Å². The Kier molecular flexibility index (Phi) is 4.43. The van der Waals surface area contributed by atoms with Crippen molar-refractivity contribution in [3.05, 3.63) is 34.9 Å². The van der Waals surface area contributed by atoms with Crippen molar-refractivity contribution in [3.63, 3.8) is 0 Å². The van der Waals surface area contributed by atoms with Crippen LogP contribution in [-0.2, 0) is 6.54 Å². The van der Waals surface area contributed by atoms with Gasteiger partial charge in [0.05, 0.1) is 0 Å². The van der Waals surface area contributed by atoms with E-state index < -0.39 is 0 Å². The minimum absolute atomic E-state index is 0.606. The Morgan fingerprint density at radius 2 is 2.00 bits per heavy atom. The van der Waals surface area contributed by atoms with E-state index in [4.69, 9.17) is 11.6 Å². The maximum absolute atomic E-state index is 5.85. The highest BCUT2D eigenvalue weighted by Crippen LogP contribution is 2.26. The summed E-state index contributed by atoms with van der Waals surface area (Å²) in [4.78, 5) is 2.48. The molecule has 1 unspecified atom stereocenters. The predicted octanol–water partition coefficient (Wildman–Crippen LogP) is 2.91. The first kappa shape index (κ1) is 12.9. The third-order valence-corrected chi connectivity index (χ3v) is 3.75. The van der Waals surface area contributed by atoms with Crippen LogP contribution in [-0.4, -0.2) is 30.6 Å². The van der Waals surface area contributed by atoms with Gasteiger partial charge in [-0.2, -0.15) is 0 Å². The highest BCUT2D eigenvalue weighted by molar-refractivity contribution is 6.30. The Balaban J connectivity index is 1.69.